The van der Waals surface area contributed by atoms with Crippen molar-refractivity contribution in [2.45, 2.75) is 44.6 Å². The molecule has 0 amide bonds. The Bertz CT molecular complexity index is 503. The maximum absolute atomic E-state index is 13.8. The second-order valence-electron chi connectivity index (χ2n) is 5.74. The van der Waals surface area contributed by atoms with Gasteiger partial charge in [-0.05, 0) is 48.9 Å². The van der Waals surface area contributed by atoms with Crippen LogP contribution in [-0.4, -0.2) is 18.5 Å². The molecule has 2 rings (SSSR count). The van der Waals surface area contributed by atoms with Crippen molar-refractivity contribution in [3.63, 3.8) is 0 Å². The smallest absolute Gasteiger partial charge is 0.169 e. The molecule has 0 heterocycles. The summed E-state index contributed by atoms with van der Waals surface area (Å²) in [6.45, 7) is 2.14. The molecule has 0 N–H and O–H groups in total. The zero-order chi connectivity index (χ0) is 14.8. The molecule has 1 aromatic rings. The van der Waals surface area contributed by atoms with E-state index in [0.717, 1.165) is 30.2 Å². The van der Waals surface area contributed by atoms with E-state index in [1.54, 1.807) is 19.2 Å². The summed E-state index contributed by atoms with van der Waals surface area (Å²) in [6, 6.07) is 4.69. The fourth-order valence-corrected chi connectivity index (χ4v) is 3.48. The standard InChI is InChI=1S/C16H20BrFO2/c1-11-4-3-7-16(10-11,20-2)15(19)9-12-8-13(17)5-6-14(12)18/h5-6,8,11H,3-4,7,9-10H2,1-2H3. The summed E-state index contributed by atoms with van der Waals surface area (Å²) in [7, 11) is 1.59. The Labute approximate surface area is 127 Å². The lowest BCUT2D eigenvalue weighted by molar-refractivity contribution is -0.146. The van der Waals surface area contributed by atoms with E-state index in [-0.39, 0.29) is 18.0 Å². The second kappa shape index (κ2) is 6.35. The van der Waals surface area contributed by atoms with Gasteiger partial charge >= 0.3 is 0 Å². The first-order chi connectivity index (χ1) is 9.47. The lowest BCUT2D eigenvalue weighted by Crippen LogP contribution is -2.45. The van der Waals surface area contributed by atoms with Crippen LogP contribution in [0.15, 0.2) is 22.7 Å². The van der Waals surface area contributed by atoms with E-state index in [2.05, 4.69) is 22.9 Å². The molecule has 0 radical (unpaired) electrons. The minimum atomic E-state index is -0.730. The molecule has 0 aliphatic heterocycles. The van der Waals surface area contributed by atoms with Crippen molar-refractivity contribution in [1.29, 1.82) is 0 Å². The Morgan fingerprint density at radius 1 is 1.55 bits per heavy atom. The lowest BCUT2D eigenvalue weighted by atomic mass is 9.75. The normalized spacial score (nSPS) is 26.5. The molecule has 1 fully saturated rings. The fraction of sp³-hybridized carbons (Fsp3) is 0.562. The number of methoxy groups -OCH3 is 1. The Balaban J connectivity index is 2.19. The van der Waals surface area contributed by atoms with Crippen LogP contribution in [0.25, 0.3) is 0 Å². The van der Waals surface area contributed by atoms with Gasteiger partial charge in [-0.2, -0.15) is 0 Å². The molecule has 2 unspecified atom stereocenters. The van der Waals surface area contributed by atoms with Gasteiger partial charge in [0.2, 0.25) is 0 Å². The first kappa shape index (κ1) is 15.6. The third-order valence-corrected chi connectivity index (χ3v) is 4.71. The molecular weight excluding hydrogens is 323 g/mol. The predicted octanol–water partition coefficient (Wildman–Crippen LogP) is 4.30. The molecule has 0 aromatic heterocycles. The van der Waals surface area contributed by atoms with Crippen molar-refractivity contribution in [2.24, 2.45) is 5.92 Å². The average molecular weight is 343 g/mol. The SMILES string of the molecule is COC1(C(=O)Cc2cc(Br)ccc2F)CCCC(C)C1. The first-order valence-electron chi connectivity index (χ1n) is 6.99. The van der Waals surface area contributed by atoms with Crippen LogP contribution in [0.2, 0.25) is 0 Å². The van der Waals surface area contributed by atoms with Gasteiger partial charge in [0.1, 0.15) is 11.4 Å². The van der Waals surface area contributed by atoms with Crippen molar-refractivity contribution in [1.82, 2.24) is 0 Å². The number of ether oxygens (including phenoxy) is 1. The monoisotopic (exact) mass is 342 g/mol. The summed E-state index contributed by atoms with van der Waals surface area (Å²) < 4.78 is 20.1. The summed E-state index contributed by atoms with van der Waals surface area (Å²) in [5.74, 6) is 0.125. The predicted molar refractivity (Wildman–Crippen MR) is 80.2 cm³/mol. The zero-order valence-corrected chi connectivity index (χ0v) is 13.5. The average Bonchev–Trinajstić information content (AvgIpc) is 2.42. The highest BCUT2D eigenvalue weighted by Gasteiger charge is 2.41. The van der Waals surface area contributed by atoms with Gasteiger partial charge < -0.3 is 4.74 Å². The summed E-state index contributed by atoms with van der Waals surface area (Å²) in [5.41, 5.74) is -0.300. The third kappa shape index (κ3) is 3.29. The lowest BCUT2D eigenvalue weighted by Gasteiger charge is -2.37. The highest BCUT2D eigenvalue weighted by atomic mass is 79.9. The van der Waals surface area contributed by atoms with Crippen LogP contribution in [0.1, 0.15) is 38.2 Å². The van der Waals surface area contributed by atoms with E-state index in [0.29, 0.717) is 11.5 Å². The number of Topliss-reactive ketones (excluding diaryl/α,β-unsaturated/α-hetero) is 1. The minimum Gasteiger partial charge on any atom is -0.370 e. The number of ketones is 1. The summed E-state index contributed by atoms with van der Waals surface area (Å²) in [4.78, 5) is 12.6. The summed E-state index contributed by atoms with van der Waals surface area (Å²) >= 11 is 3.31. The van der Waals surface area contributed by atoms with E-state index in [9.17, 15) is 9.18 Å². The Hall–Kier alpha value is -0.740. The Morgan fingerprint density at radius 2 is 2.30 bits per heavy atom. The molecule has 0 saturated heterocycles. The second-order valence-corrected chi connectivity index (χ2v) is 6.65. The van der Waals surface area contributed by atoms with E-state index < -0.39 is 5.60 Å². The first-order valence-corrected chi connectivity index (χ1v) is 7.78. The van der Waals surface area contributed by atoms with Crippen LogP contribution in [0.5, 0.6) is 0 Å². The van der Waals surface area contributed by atoms with Gasteiger partial charge in [-0.15, -0.1) is 0 Å². The molecule has 110 valence electrons. The molecule has 0 spiro atoms. The van der Waals surface area contributed by atoms with Gasteiger partial charge in [0.05, 0.1) is 0 Å². The number of halogens is 2. The van der Waals surface area contributed by atoms with Crippen LogP contribution in [0, 0.1) is 11.7 Å². The molecule has 1 aromatic carbocycles. The molecule has 1 aliphatic carbocycles. The highest BCUT2D eigenvalue weighted by Crippen LogP contribution is 2.36. The third-order valence-electron chi connectivity index (χ3n) is 4.21. The number of hydrogen-bond acceptors (Lipinski definition) is 2. The van der Waals surface area contributed by atoms with Crippen LogP contribution < -0.4 is 0 Å². The zero-order valence-electron chi connectivity index (χ0n) is 11.9. The number of benzene rings is 1. The van der Waals surface area contributed by atoms with Crippen molar-refractivity contribution >= 4 is 21.7 Å². The van der Waals surface area contributed by atoms with E-state index >= 15 is 0 Å². The Kier molecular flexibility index (Phi) is 4.97. The number of carbonyl (C=O) groups is 1. The summed E-state index contributed by atoms with van der Waals surface area (Å²) in [5, 5.41) is 0. The Morgan fingerprint density at radius 3 is 2.95 bits per heavy atom. The topological polar surface area (TPSA) is 26.3 Å². The number of hydrogen-bond donors (Lipinski definition) is 0. The molecule has 1 aliphatic rings. The number of carbonyl (C=O) groups excluding carboxylic acids is 1. The highest BCUT2D eigenvalue weighted by molar-refractivity contribution is 9.10. The van der Waals surface area contributed by atoms with Gasteiger partial charge in [-0.25, -0.2) is 4.39 Å². The van der Waals surface area contributed by atoms with Crippen molar-refractivity contribution in [3.05, 3.63) is 34.1 Å². The van der Waals surface area contributed by atoms with E-state index in [1.165, 1.54) is 6.07 Å². The molecule has 4 heteroatoms. The van der Waals surface area contributed by atoms with Crippen LogP contribution in [0.3, 0.4) is 0 Å². The van der Waals surface area contributed by atoms with E-state index in [4.69, 9.17) is 4.74 Å². The van der Waals surface area contributed by atoms with Gasteiger partial charge in [0, 0.05) is 18.0 Å². The van der Waals surface area contributed by atoms with E-state index in [1.807, 2.05) is 0 Å². The maximum Gasteiger partial charge on any atom is 0.169 e. The molecular formula is C16H20BrFO2. The number of rotatable bonds is 4. The quantitative estimate of drug-likeness (QED) is 0.815. The molecule has 20 heavy (non-hydrogen) atoms. The van der Waals surface area contributed by atoms with Crippen LogP contribution in [-0.2, 0) is 16.0 Å². The van der Waals surface area contributed by atoms with Gasteiger partial charge in [-0.3, -0.25) is 4.79 Å². The molecule has 2 atom stereocenters. The van der Waals surface area contributed by atoms with Crippen LogP contribution >= 0.6 is 15.9 Å². The maximum atomic E-state index is 13.8. The van der Waals surface area contributed by atoms with Gasteiger partial charge in [0.25, 0.3) is 0 Å². The van der Waals surface area contributed by atoms with Crippen molar-refractivity contribution in [2.75, 3.05) is 7.11 Å². The fourth-order valence-electron chi connectivity index (χ4n) is 3.07. The van der Waals surface area contributed by atoms with Crippen molar-refractivity contribution < 1.29 is 13.9 Å². The molecule has 0 bridgehead atoms. The van der Waals surface area contributed by atoms with Gasteiger partial charge in [-0.1, -0.05) is 29.3 Å². The largest absolute Gasteiger partial charge is 0.370 e. The molecule has 1 saturated carbocycles. The summed E-state index contributed by atoms with van der Waals surface area (Å²) in [6.07, 6.45) is 3.68. The van der Waals surface area contributed by atoms with Crippen LogP contribution in [0.4, 0.5) is 4.39 Å². The molecule has 2 nitrogen and oxygen atoms in total. The van der Waals surface area contributed by atoms with Crippen molar-refractivity contribution in [3.8, 4) is 0 Å². The van der Waals surface area contributed by atoms with Gasteiger partial charge in [0.15, 0.2) is 5.78 Å². The minimum absolute atomic E-state index is 0.0106.